The molecule has 0 amide bonds. The number of hydrogen-bond donors (Lipinski definition) is 2. The summed E-state index contributed by atoms with van der Waals surface area (Å²) in [5.74, 6) is 1.49. The normalized spacial score (nSPS) is 22.5. The molecule has 2 aliphatic rings. The Hall–Kier alpha value is -1.09. The van der Waals surface area contributed by atoms with E-state index >= 15 is 0 Å². The van der Waals surface area contributed by atoms with E-state index in [0.29, 0.717) is 29.6 Å². The minimum Gasteiger partial charge on any atom is -0.493 e. The van der Waals surface area contributed by atoms with Crippen LogP contribution in [0.25, 0.3) is 0 Å². The standard InChI is InChI=1S/C23H39ClN4O3/c1-4-27-8-6-17(7-9-27)15-28-10-11-31-18(16-28)14-26-23(29-3)19-12-20(24)21(25)13-22(19)30-5-2/h12-13,17-18,23,26H,4-11,14-16,25H2,1-3H3. The van der Waals surface area contributed by atoms with Crippen molar-refractivity contribution in [2.75, 3.05) is 71.9 Å². The van der Waals surface area contributed by atoms with Crippen LogP contribution in [0.4, 0.5) is 5.69 Å². The van der Waals surface area contributed by atoms with Gasteiger partial charge in [0.25, 0.3) is 0 Å². The molecule has 31 heavy (non-hydrogen) atoms. The zero-order valence-electron chi connectivity index (χ0n) is 19.2. The molecule has 3 rings (SSSR count). The lowest BCUT2D eigenvalue weighted by Crippen LogP contribution is -2.49. The van der Waals surface area contributed by atoms with Gasteiger partial charge in [0.1, 0.15) is 12.0 Å². The third-order valence-electron chi connectivity index (χ3n) is 6.37. The highest BCUT2D eigenvalue weighted by molar-refractivity contribution is 6.33. The van der Waals surface area contributed by atoms with Gasteiger partial charge in [-0.3, -0.25) is 10.2 Å². The number of methoxy groups -OCH3 is 1. The molecule has 0 aliphatic carbocycles. The number of anilines is 1. The molecular formula is C23H39ClN4O3. The van der Waals surface area contributed by atoms with Gasteiger partial charge in [-0.2, -0.15) is 0 Å². The van der Waals surface area contributed by atoms with Crippen molar-refractivity contribution < 1.29 is 14.2 Å². The molecule has 1 aromatic rings. The van der Waals surface area contributed by atoms with Crippen molar-refractivity contribution in [2.24, 2.45) is 5.92 Å². The summed E-state index contributed by atoms with van der Waals surface area (Å²) in [7, 11) is 1.67. The zero-order valence-corrected chi connectivity index (χ0v) is 20.0. The monoisotopic (exact) mass is 454 g/mol. The van der Waals surface area contributed by atoms with Gasteiger partial charge in [0.05, 0.1) is 30.0 Å². The average Bonchev–Trinajstić information content (AvgIpc) is 2.78. The first-order valence-corrected chi connectivity index (χ1v) is 12.0. The number of ether oxygens (including phenoxy) is 3. The molecule has 2 aliphatic heterocycles. The SMILES string of the molecule is CCOc1cc(N)c(Cl)cc1C(NCC1CN(CC2CCN(CC)CC2)CCO1)OC. The molecule has 1 aromatic carbocycles. The minimum absolute atomic E-state index is 0.127. The molecule has 8 heteroatoms. The smallest absolute Gasteiger partial charge is 0.137 e. The summed E-state index contributed by atoms with van der Waals surface area (Å²) in [6, 6.07) is 3.58. The molecule has 0 aromatic heterocycles. The highest BCUT2D eigenvalue weighted by Gasteiger charge is 2.26. The highest BCUT2D eigenvalue weighted by atomic mass is 35.5. The summed E-state index contributed by atoms with van der Waals surface area (Å²) in [6.07, 6.45) is 2.38. The van der Waals surface area contributed by atoms with Crippen LogP contribution in [-0.4, -0.2) is 82.0 Å². The fourth-order valence-corrected chi connectivity index (χ4v) is 4.72. The Morgan fingerprint density at radius 1 is 1.23 bits per heavy atom. The van der Waals surface area contributed by atoms with Gasteiger partial charge in [-0.05, 0) is 51.4 Å². The molecule has 2 unspecified atom stereocenters. The predicted octanol–water partition coefficient (Wildman–Crippen LogP) is 2.99. The summed E-state index contributed by atoms with van der Waals surface area (Å²) < 4.78 is 17.5. The number of benzene rings is 1. The first-order chi connectivity index (χ1) is 15.0. The van der Waals surface area contributed by atoms with Gasteiger partial charge >= 0.3 is 0 Å². The van der Waals surface area contributed by atoms with Crippen molar-refractivity contribution in [3.8, 4) is 5.75 Å². The first-order valence-electron chi connectivity index (χ1n) is 11.6. The third kappa shape index (κ3) is 6.94. The molecule has 2 heterocycles. The summed E-state index contributed by atoms with van der Waals surface area (Å²) in [4.78, 5) is 5.11. The van der Waals surface area contributed by atoms with Crippen LogP contribution in [0.2, 0.25) is 5.02 Å². The maximum absolute atomic E-state index is 6.27. The summed E-state index contributed by atoms with van der Waals surface area (Å²) in [5, 5.41) is 3.98. The molecule has 2 atom stereocenters. The van der Waals surface area contributed by atoms with Crippen molar-refractivity contribution in [1.29, 1.82) is 0 Å². The number of rotatable bonds is 10. The fourth-order valence-electron chi connectivity index (χ4n) is 4.55. The Morgan fingerprint density at radius 3 is 2.68 bits per heavy atom. The molecule has 0 radical (unpaired) electrons. The fraction of sp³-hybridized carbons (Fsp3) is 0.739. The zero-order chi connectivity index (χ0) is 22.2. The second kappa shape index (κ2) is 12.2. The van der Waals surface area contributed by atoms with E-state index in [0.717, 1.165) is 31.2 Å². The molecule has 0 saturated carbocycles. The summed E-state index contributed by atoms with van der Waals surface area (Å²) >= 11 is 6.27. The van der Waals surface area contributed by atoms with Gasteiger partial charge in [-0.1, -0.05) is 18.5 Å². The van der Waals surface area contributed by atoms with E-state index in [1.54, 1.807) is 13.2 Å². The van der Waals surface area contributed by atoms with E-state index in [2.05, 4.69) is 22.0 Å². The number of hydrogen-bond acceptors (Lipinski definition) is 7. The van der Waals surface area contributed by atoms with Crippen molar-refractivity contribution in [1.82, 2.24) is 15.1 Å². The summed E-state index contributed by atoms with van der Waals surface area (Å²) in [6.45, 7) is 13.0. The quantitative estimate of drug-likeness (QED) is 0.416. The number of morpholine rings is 1. The van der Waals surface area contributed by atoms with E-state index in [1.807, 2.05) is 13.0 Å². The lowest BCUT2D eigenvalue weighted by Gasteiger charge is -2.38. The lowest BCUT2D eigenvalue weighted by atomic mass is 9.96. The van der Waals surface area contributed by atoms with Crippen molar-refractivity contribution in [2.45, 2.75) is 39.0 Å². The van der Waals surface area contributed by atoms with Gasteiger partial charge in [0, 0.05) is 44.9 Å². The summed E-state index contributed by atoms with van der Waals surface area (Å²) in [5.41, 5.74) is 7.30. The van der Waals surface area contributed by atoms with E-state index < -0.39 is 0 Å². The number of halogens is 1. The van der Waals surface area contributed by atoms with Crippen molar-refractivity contribution in [3.63, 3.8) is 0 Å². The molecule has 7 nitrogen and oxygen atoms in total. The maximum atomic E-state index is 6.27. The number of piperidine rings is 1. The number of nitrogens with one attached hydrogen (secondary N) is 1. The van der Waals surface area contributed by atoms with Gasteiger partial charge in [0.15, 0.2) is 0 Å². The van der Waals surface area contributed by atoms with E-state index in [4.69, 9.17) is 31.5 Å². The molecule has 2 saturated heterocycles. The van der Waals surface area contributed by atoms with Crippen LogP contribution < -0.4 is 15.8 Å². The maximum Gasteiger partial charge on any atom is 0.137 e. The Kier molecular flexibility index (Phi) is 9.69. The van der Waals surface area contributed by atoms with Crippen LogP contribution in [0.1, 0.15) is 38.5 Å². The lowest BCUT2D eigenvalue weighted by molar-refractivity contribution is -0.0429. The topological polar surface area (TPSA) is 72.2 Å². The highest BCUT2D eigenvalue weighted by Crippen LogP contribution is 2.33. The Bertz CT molecular complexity index is 685. The number of nitrogen functional groups attached to an aromatic ring is 1. The number of nitrogens with zero attached hydrogens (tertiary/aromatic N) is 2. The molecule has 0 bridgehead atoms. The van der Waals surface area contributed by atoms with Crippen LogP contribution in [0.5, 0.6) is 5.75 Å². The van der Waals surface area contributed by atoms with Crippen LogP contribution in [-0.2, 0) is 9.47 Å². The van der Waals surface area contributed by atoms with Crippen LogP contribution in [0.15, 0.2) is 12.1 Å². The average molecular weight is 455 g/mol. The third-order valence-corrected chi connectivity index (χ3v) is 6.70. The largest absolute Gasteiger partial charge is 0.493 e. The van der Waals surface area contributed by atoms with Gasteiger partial charge in [-0.25, -0.2) is 0 Å². The Labute approximate surface area is 192 Å². The minimum atomic E-state index is -0.350. The molecule has 0 spiro atoms. The Balaban J connectivity index is 1.53. The first kappa shape index (κ1) is 24.6. The van der Waals surface area contributed by atoms with Crippen LogP contribution >= 0.6 is 11.6 Å². The molecule has 2 fully saturated rings. The van der Waals surface area contributed by atoms with Crippen LogP contribution in [0.3, 0.4) is 0 Å². The predicted molar refractivity (Wildman–Crippen MR) is 126 cm³/mol. The van der Waals surface area contributed by atoms with Gasteiger partial charge in [-0.15, -0.1) is 0 Å². The number of likely N-dealkylation sites (tertiary alicyclic amines) is 1. The van der Waals surface area contributed by atoms with E-state index in [9.17, 15) is 0 Å². The number of nitrogens with two attached hydrogens (primary N) is 1. The molecule has 3 N–H and O–H groups in total. The van der Waals surface area contributed by atoms with Gasteiger partial charge in [0.2, 0.25) is 0 Å². The second-order valence-electron chi connectivity index (χ2n) is 8.50. The second-order valence-corrected chi connectivity index (χ2v) is 8.91. The van der Waals surface area contributed by atoms with Crippen molar-refractivity contribution in [3.05, 3.63) is 22.7 Å². The molecular weight excluding hydrogens is 416 g/mol. The van der Waals surface area contributed by atoms with E-state index in [-0.39, 0.29) is 12.3 Å². The van der Waals surface area contributed by atoms with Gasteiger partial charge < -0.3 is 24.8 Å². The van der Waals surface area contributed by atoms with E-state index in [1.165, 1.54) is 39.0 Å². The Morgan fingerprint density at radius 2 is 2.00 bits per heavy atom. The molecule has 176 valence electrons. The van der Waals surface area contributed by atoms with Crippen LogP contribution in [0, 0.1) is 5.92 Å². The van der Waals surface area contributed by atoms with Crippen molar-refractivity contribution >= 4 is 17.3 Å².